The Labute approximate surface area is 92.5 Å². The van der Waals surface area contributed by atoms with Gasteiger partial charge in [0.25, 0.3) is 0 Å². The maximum Gasteiger partial charge on any atom is 0.0758 e. The molecule has 0 radical (unpaired) electrons. The fraction of sp³-hybridized carbons (Fsp3) is 0.538. The van der Waals surface area contributed by atoms with Gasteiger partial charge in [0.15, 0.2) is 0 Å². The summed E-state index contributed by atoms with van der Waals surface area (Å²) in [5.74, 6) is 0. The van der Waals surface area contributed by atoms with Crippen LogP contribution in [0, 0.1) is 0 Å². The highest BCUT2D eigenvalue weighted by Crippen LogP contribution is 2.19. The van der Waals surface area contributed by atoms with Crippen molar-refractivity contribution in [1.29, 1.82) is 0 Å². The van der Waals surface area contributed by atoms with Gasteiger partial charge >= 0.3 is 0 Å². The Balaban J connectivity index is 2.67. The van der Waals surface area contributed by atoms with Crippen LogP contribution in [0.1, 0.15) is 19.4 Å². The van der Waals surface area contributed by atoms with E-state index in [1.807, 2.05) is 32.3 Å². The molecule has 1 unspecified atom stereocenters. The molecule has 2 nitrogen and oxygen atoms in total. The van der Waals surface area contributed by atoms with Gasteiger partial charge in [-0.05, 0) is 33.5 Å². The molecule has 0 aliphatic carbocycles. The normalized spacial score (nSPS) is 14.3. The van der Waals surface area contributed by atoms with Crippen LogP contribution in [0.15, 0.2) is 30.3 Å². The predicted octanol–water partition coefficient (Wildman–Crippen LogP) is 1.93. The number of nitrogens with zero attached hydrogens (tertiary/aromatic N) is 1. The monoisotopic (exact) mass is 207 g/mol. The van der Waals surface area contributed by atoms with Crippen LogP contribution in [0.25, 0.3) is 0 Å². The molecule has 0 heterocycles. The molecule has 0 aliphatic heterocycles. The van der Waals surface area contributed by atoms with Gasteiger partial charge in [0, 0.05) is 12.0 Å². The molecule has 2 heteroatoms. The zero-order chi connectivity index (χ0) is 11.5. The third-order valence-corrected chi connectivity index (χ3v) is 3.24. The SMILES string of the molecule is CN(C)C(C)(C)C(O)Cc1ccccc1. The Morgan fingerprint density at radius 2 is 1.73 bits per heavy atom. The second kappa shape index (κ2) is 4.77. The number of benzene rings is 1. The second-order valence-electron chi connectivity index (χ2n) is 4.75. The van der Waals surface area contributed by atoms with Gasteiger partial charge in [0.1, 0.15) is 0 Å². The van der Waals surface area contributed by atoms with E-state index in [2.05, 4.69) is 30.9 Å². The van der Waals surface area contributed by atoms with Crippen LogP contribution in [-0.2, 0) is 6.42 Å². The summed E-state index contributed by atoms with van der Waals surface area (Å²) in [6.07, 6.45) is 0.348. The highest BCUT2D eigenvalue weighted by molar-refractivity contribution is 5.16. The van der Waals surface area contributed by atoms with Gasteiger partial charge in [0.2, 0.25) is 0 Å². The van der Waals surface area contributed by atoms with Crippen LogP contribution < -0.4 is 0 Å². The molecule has 15 heavy (non-hydrogen) atoms. The largest absolute Gasteiger partial charge is 0.391 e. The van der Waals surface area contributed by atoms with Crippen molar-refractivity contribution in [3.05, 3.63) is 35.9 Å². The van der Waals surface area contributed by atoms with Crippen LogP contribution in [0.2, 0.25) is 0 Å². The van der Waals surface area contributed by atoms with Crippen molar-refractivity contribution in [1.82, 2.24) is 4.90 Å². The molecule has 1 N–H and O–H groups in total. The maximum absolute atomic E-state index is 10.2. The summed E-state index contributed by atoms with van der Waals surface area (Å²) in [7, 11) is 3.99. The van der Waals surface area contributed by atoms with Crippen LogP contribution in [0.3, 0.4) is 0 Å². The van der Waals surface area contributed by atoms with Crippen molar-refractivity contribution in [3.63, 3.8) is 0 Å². The van der Waals surface area contributed by atoms with E-state index < -0.39 is 0 Å². The van der Waals surface area contributed by atoms with Gasteiger partial charge in [-0.15, -0.1) is 0 Å². The third-order valence-electron chi connectivity index (χ3n) is 3.24. The Hall–Kier alpha value is -0.860. The standard InChI is InChI=1S/C13H21NO/c1-13(2,14(3)4)12(15)10-11-8-6-5-7-9-11/h5-9,12,15H,10H2,1-4H3. The van der Waals surface area contributed by atoms with E-state index in [-0.39, 0.29) is 11.6 Å². The Kier molecular flexibility index (Phi) is 3.89. The summed E-state index contributed by atoms with van der Waals surface area (Å²) in [4.78, 5) is 2.06. The van der Waals surface area contributed by atoms with E-state index in [4.69, 9.17) is 0 Å². The van der Waals surface area contributed by atoms with E-state index in [1.54, 1.807) is 0 Å². The highest BCUT2D eigenvalue weighted by atomic mass is 16.3. The van der Waals surface area contributed by atoms with E-state index in [9.17, 15) is 5.11 Å². The van der Waals surface area contributed by atoms with E-state index >= 15 is 0 Å². The van der Waals surface area contributed by atoms with E-state index in [1.165, 1.54) is 5.56 Å². The van der Waals surface area contributed by atoms with Crippen molar-refractivity contribution in [2.45, 2.75) is 31.9 Å². The minimum absolute atomic E-state index is 0.199. The van der Waals surface area contributed by atoms with Crippen molar-refractivity contribution >= 4 is 0 Å². The lowest BCUT2D eigenvalue weighted by atomic mass is 9.91. The lowest BCUT2D eigenvalue weighted by molar-refractivity contribution is 0.0183. The van der Waals surface area contributed by atoms with Crippen molar-refractivity contribution in [2.24, 2.45) is 0 Å². The number of hydrogen-bond donors (Lipinski definition) is 1. The first-order valence-corrected chi connectivity index (χ1v) is 5.34. The van der Waals surface area contributed by atoms with Crippen molar-refractivity contribution in [2.75, 3.05) is 14.1 Å². The minimum atomic E-state index is -0.352. The average Bonchev–Trinajstić information content (AvgIpc) is 2.18. The summed E-state index contributed by atoms with van der Waals surface area (Å²) in [6, 6.07) is 10.1. The number of likely N-dealkylation sites (N-methyl/N-ethyl adjacent to an activating group) is 1. The average molecular weight is 207 g/mol. The molecule has 0 spiro atoms. The van der Waals surface area contributed by atoms with Gasteiger partial charge in [0.05, 0.1) is 6.10 Å². The van der Waals surface area contributed by atoms with Crippen molar-refractivity contribution < 1.29 is 5.11 Å². The van der Waals surface area contributed by atoms with Gasteiger partial charge in [-0.3, -0.25) is 0 Å². The molecular formula is C13H21NO. The van der Waals surface area contributed by atoms with Gasteiger partial charge < -0.3 is 10.0 Å². The molecule has 1 aromatic carbocycles. The molecule has 0 fully saturated rings. The van der Waals surface area contributed by atoms with Gasteiger partial charge in [-0.1, -0.05) is 30.3 Å². The first-order chi connectivity index (χ1) is 6.94. The minimum Gasteiger partial charge on any atom is -0.391 e. The number of aliphatic hydroxyl groups is 1. The van der Waals surface area contributed by atoms with Crippen molar-refractivity contribution in [3.8, 4) is 0 Å². The number of hydrogen-bond acceptors (Lipinski definition) is 2. The summed E-state index contributed by atoms with van der Waals surface area (Å²) < 4.78 is 0. The zero-order valence-corrected chi connectivity index (χ0v) is 10.1. The fourth-order valence-corrected chi connectivity index (χ4v) is 1.39. The zero-order valence-electron chi connectivity index (χ0n) is 10.1. The summed E-state index contributed by atoms with van der Waals surface area (Å²) in [5, 5.41) is 10.2. The molecule has 1 atom stereocenters. The smallest absolute Gasteiger partial charge is 0.0758 e. The first-order valence-electron chi connectivity index (χ1n) is 5.34. The number of aliphatic hydroxyl groups excluding tert-OH is 1. The molecule has 0 saturated heterocycles. The topological polar surface area (TPSA) is 23.5 Å². The molecule has 0 saturated carbocycles. The maximum atomic E-state index is 10.2. The van der Waals surface area contributed by atoms with E-state index in [0.717, 1.165) is 0 Å². The van der Waals surface area contributed by atoms with Gasteiger partial charge in [-0.25, -0.2) is 0 Å². The number of rotatable bonds is 4. The molecule has 0 aromatic heterocycles. The quantitative estimate of drug-likeness (QED) is 0.815. The Bertz CT molecular complexity index is 293. The Morgan fingerprint density at radius 3 is 2.20 bits per heavy atom. The summed E-state index contributed by atoms with van der Waals surface area (Å²) >= 11 is 0. The van der Waals surface area contributed by atoms with E-state index in [0.29, 0.717) is 6.42 Å². The van der Waals surface area contributed by atoms with Crippen LogP contribution in [0.5, 0.6) is 0 Å². The predicted molar refractivity (Wildman–Crippen MR) is 63.9 cm³/mol. The molecule has 0 aliphatic rings. The Morgan fingerprint density at radius 1 is 1.20 bits per heavy atom. The first kappa shape index (κ1) is 12.2. The molecule has 0 amide bonds. The lowest BCUT2D eigenvalue weighted by Gasteiger charge is -2.37. The second-order valence-corrected chi connectivity index (χ2v) is 4.75. The molecule has 84 valence electrons. The molecule has 1 aromatic rings. The van der Waals surface area contributed by atoms with Crippen LogP contribution in [-0.4, -0.2) is 35.7 Å². The lowest BCUT2D eigenvalue weighted by Crippen LogP contribution is -2.49. The molecule has 0 bridgehead atoms. The van der Waals surface area contributed by atoms with Crippen LogP contribution in [0.4, 0.5) is 0 Å². The molecular weight excluding hydrogens is 186 g/mol. The summed E-state index contributed by atoms with van der Waals surface area (Å²) in [5.41, 5.74) is 0.982. The fourth-order valence-electron chi connectivity index (χ4n) is 1.39. The highest BCUT2D eigenvalue weighted by Gasteiger charge is 2.29. The van der Waals surface area contributed by atoms with Gasteiger partial charge in [-0.2, -0.15) is 0 Å². The summed E-state index contributed by atoms with van der Waals surface area (Å²) in [6.45, 7) is 4.11. The third kappa shape index (κ3) is 3.05. The molecule has 1 rings (SSSR count). The van der Waals surface area contributed by atoms with Crippen LogP contribution >= 0.6 is 0 Å².